The van der Waals surface area contributed by atoms with Gasteiger partial charge in [-0.3, -0.25) is 14.4 Å². The van der Waals surface area contributed by atoms with Crippen LogP contribution in [-0.4, -0.2) is 46.0 Å². The van der Waals surface area contributed by atoms with E-state index in [1.807, 2.05) is 49.4 Å². The number of Topliss-reactive ketones (excluding diaryl/α,β-unsaturated/α-hetero) is 1. The maximum Gasteiger partial charge on any atom is 0.246 e. The van der Waals surface area contributed by atoms with Gasteiger partial charge in [0.25, 0.3) is 0 Å². The van der Waals surface area contributed by atoms with Gasteiger partial charge >= 0.3 is 0 Å². The van der Waals surface area contributed by atoms with Gasteiger partial charge in [0.1, 0.15) is 12.6 Å². The Bertz CT molecular complexity index is 933. The van der Waals surface area contributed by atoms with Crippen LogP contribution in [0.3, 0.4) is 0 Å². The Balaban J connectivity index is 1.59. The molecular weight excluding hydrogens is 388 g/mol. The molecule has 1 aliphatic carbocycles. The maximum atomic E-state index is 13.6. The van der Waals surface area contributed by atoms with Gasteiger partial charge in [0.2, 0.25) is 11.8 Å². The molecule has 1 heterocycles. The van der Waals surface area contributed by atoms with Crippen LogP contribution in [0.2, 0.25) is 0 Å². The third-order valence-corrected chi connectivity index (χ3v) is 6.53. The molecule has 1 saturated carbocycles. The van der Waals surface area contributed by atoms with Crippen LogP contribution in [0.15, 0.2) is 54.6 Å². The number of rotatable bonds is 6. The number of nitrogens with zero attached hydrogens (tertiary/aromatic N) is 2. The Hall–Kier alpha value is -2.95. The Labute approximate surface area is 184 Å². The summed E-state index contributed by atoms with van der Waals surface area (Å²) < 4.78 is 0. The van der Waals surface area contributed by atoms with Crippen LogP contribution in [-0.2, 0) is 16.1 Å². The summed E-state index contributed by atoms with van der Waals surface area (Å²) in [5, 5.41) is 0. The Morgan fingerprint density at radius 2 is 1.61 bits per heavy atom. The summed E-state index contributed by atoms with van der Waals surface area (Å²) in [5.74, 6) is -0.256. The molecule has 4 rings (SSSR count). The van der Waals surface area contributed by atoms with Crippen molar-refractivity contribution >= 4 is 17.6 Å². The number of piperazine rings is 1. The molecule has 2 aliphatic rings. The van der Waals surface area contributed by atoms with Gasteiger partial charge in [-0.25, -0.2) is 0 Å². The fourth-order valence-electron chi connectivity index (χ4n) is 4.72. The van der Waals surface area contributed by atoms with Crippen molar-refractivity contribution in [2.45, 2.75) is 64.1 Å². The zero-order valence-corrected chi connectivity index (χ0v) is 18.1. The highest BCUT2D eigenvalue weighted by Crippen LogP contribution is 2.28. The molecule has 2 amide bonds. The first-order valence-corrected chi connectivity index (χ1v) is 11.3. The second-order valence-corrected chi connectivity index (χ2v) is 8.77. The second-order valence-electron chi connectivity index (χ2n) is 8.77. The van der Waals surface area contributed by atoms with E-state index in [2.05, 4.69) is 0 Å². The number of hydrogen-bond acceptors (Lipinski definition) is 3. The van der Waals surface area contributed by atoms with Crippen LogP contribution >= 0.6 is 0 Å². The minimum absolute atomic E-state index is 0.0175. The van der Waals surface area contributed by atoms with Gasteiger partial charge in [-0.15, -0.1) is 0 Å². The normalized spacial score (nSPS) is 20.2. The predicted molar refractivity (Wildman–Crippen MR) is 119 cm³/mol. The standard InChI is InChI=1S/C26H30N2O3/c1-19-12-14-21(15-13-19)24(29)16-23-26(31)27(22-10-6-3-7-11-22)18-25(30)28(23)17-20-8-4-2-5-9-20/h2,4-5,8-9,12-15,22-23H,3,6-7,10-11,16-18H2,1H3. The minimum atomic E-state index is -0.753. The molecular formula is C26H30N2O3. The fraction of sp³-hybridized carbons (Fsp3) is 0.423. The van der Waals surface area contributed by atoms with Gasteiger partial charge in [0, 0.05) is 24.6 Å². The second kappa shape index (κ2) is 9.46. The van der Waals surface area contributed by atoms with Crippen LogP contribution in [0.1, 0.15) is 60.0 Å². The number of aryl methyl sites for hydroxylation is 1. The lowest BCUT2D eigenvalue weighted by atomic mass is 9.91. The number of amides is 2. The zero-order chi connectivity index (χ0) is 21.8. The molecule has 31 heavy (non-hydrogen) atoms. The van der Waals surface area contributed by atoms with Gasteiger partial charge in [0.05, 0.1) is 0 Å². The van der Waals surface area contributed by atoms with Gasteiger partial charge in [-0.1, -0.05) is 79.4 Å². The first-order valence-electron chi connectivity index (χ1n) is 11.3. The van der Waals surface area contributed by atoms with Crippen molar-refractivity contribution in [3.63, 3.8) is 0 Å². The zero-order valence-electron chi connectivity index (χ0n) is 18.1. The largest absolute Gasteiger partial charge is 0.329 e. The van der Waals surface area contributed by atoms with E-state index < -0.39 is 6.04 Å². The third-order valence-electron chi connectivity index (χ3n) is 6.53. The fourth-order valence-corrected chi connectivity index (χ4v) is 4.72. The van der Waals surface area contributed by atoms with Gasteiger partial charge in [-0.05, 0) is 25.3 Å². The molecule has 162 valence electrons. The van der Waals surface area contributed by atoms with Crippen LogP contribution in [0.25, 0.3) is 0 Å². The van der Waals surface area contributed by atoms with E-state index >= 15 is 0 Å². The molecule has 0 bridgehead atoms. The molecule has 2 aromatic carbocycles. The highest BCUT2D eigenvalue weighted by atomic mass is 16.2. The third kappa shape index (κ3) is 4.87. The summed E-state index contributed by atoms with van der Waals surface area (Å²) in [6.07, 6.45) is 5.25. The quantitative estimate of drug-likeness (QED) is 0.663. The number of carbonyl (C=O) groups is 3. The van der Waals surface area contributed by atoms with Crippen molar-refractivity contribution in [3.05, 3.63) is 71.3 Å². The van der Waals surface area contributed by atoms with E-state index in [4.69, 9.17) is 0 Å². The SMILES string of the molecule is Cc1ccc(C(=O)CC2C(=O)N(C3CCCCC3)CC(=O)N2Cc2ccccc2)cc1. The van der Waals surface area contributed by atoms with Gasteiger partial charge in [0.15, 0.2) is 5.78 Å². The molecule has 0 N–H and O–H groups in total. The Kier molecular flexibility index (Phi) is 6.50. The lowest BCUT2D eigenvalue weighted by Crippen LogP contribution is -2.62. The summed E-state index contributed by atoms with van der Waals surface area (Å²) in [7, 11) is 0. The van der Waals surface area contributed by atoms with E-state index in [1.165, 1.54) is 6.42 Å². The molecule has 0 aromatic heterocycles. The lowest BCUT2D eigenvalue weighted by Gasteiger charge is -2.44. The number of benzene rings is 2. The van der Waals surface area contributed by atoms with E-state index in [-0.39, 0.29) is 36.6 Å². The molecule has 1 atom stereocenters. The molecule has 5 nitrogen and oxygen atoms in total. The monoisotopic (exact) mass is 418 g/mol. The van der Waals surface area contributed by atoms with Crippen molar-refractivity contribution in [2.75, 3.05) is 6.54 Å². The van der Waals surface area contributed by atoms with Crippen LogP contribution in [0, 0.1) is 6.92 Å². The molecule has 0 spiro atoms. The van der Waals surface area contributed by atoms with Crippen LogP contribution in [0.5, 0.6) is 0 Å². The van der Waals surface area contributed by atoms with E-state index in [0.717, 1.165) is 36.8 Å². The van der Waals surface area contributed by atoms with Crippen molar-refractivity contribution < 1.29 is 14.4 Å². The summed E-state index contributed by atoms with van der Waals surface area (Å²) >= 11 is 0. The number of ketones is 1. The lowest BCUT2D eigenvalue weighted by molar-refractivity contribution is -0.159. The van der Waals surface area contributed by atoms with Crippen molar-refractivity contribution in [1.82, 2.24) is 9.80 Å². The highest BCUT2D eigenvalue weighted by Gasteiger charge is 2.43. The average molecular weight is 419 g/mol. The van der Waals surface area contributed by atoms with E-state index in [9.17, 15) is 14.4 Å². The molecule has 2 aromatic rings. The van der Waals surface area contributed by atoms with Crippen LogP contribution < -0.4 is 0 Å². The first kappa shape index (κ1) is 21.3. The summed E-state index contributed by atoms with van der Waals surface area (Å²) in [4.78, 5) is 43.2. The number of hydrogen-bond donors (Lipinski definition) is 0. The molecule has 5 heteroatoms. The average Bonchev–Trinajstić information content (AvgIpc) is 2.80. The smallest absolute Gasteiger partial charge is 0.246 e. The minimum Gasteiger partial charge on any atom is -0.329 e. The van der Waals surface area contributed by atoms with Gasteiger partial charge in [-0.2, -0.15) is 0 Å². The predicted octanol–water partition coefficient (Wildman–Crippen LogP) is 4.14. The molecule has 1 aliphatic heterocycles. The maximum absolute atomic E-state index is 13.6. The molecule has 1 saturated heterocycles. The Morgan fingerprint density at radius 1 is 0.935 bits per heavy atom. The Morgan fingerprint density at radius 3 is 2.29 bits per heavy atom. The summed E-state index contributed by atoms with van der Waals surface area (Å²) in [6.45, 7) is 2.43. The summed E-state index contributed by atoms with van der Waals surface area (Å²) in [6, 6.07) is 16.4. The van der Waals surface area contributed by atoms with Crippen molar-refractivity contribution in [1.29, 1.82) is 0 Å². The van der Waals surface area contributed by atoms with Crippen molar-refractivity contribution in [2.24, 2.45) is 0 Å². The summed E-state index contributed by atoms with van der Waals surface area (Å²) in [5.41, 5.74) is 2.62. The topological polar surface area (TPSA) is 57.7 Å². The van der Waals surface area contributed by atoms with Crippen LogP contribution in [0.4, 0.5) is 0 Å². The van der Waals surface area contributed by atoms with Crippen molar-refractivity contribution in [3.8, 4) is 0 Å². The van der Waals surface area contributed by atoms with Gasteiger partial charge < -0.3 is 9.80 Å². The number of carbonyl (C=O) groups excluding carboxylic acids is 3. The van der Waals surface area contributed by atoms with E-state index in [1.54, 1.807) is 21.9 Å². The molecule has 2 fully saturated rings. The molecule has 1 unspecified atom stereocenters. The first-order chi connectivity index (χ1) is 15.0. The molecule has 0 radical (unpaired) electrons. The van der Waals surface area contributed by atoms with E-state index in [0.29, 0.717) is 12.1 Å². The highest BCUT2D eigenvalue weighted by molar-refractivity contribution is 6.02.